The normalized spacial score (nSPS) is 17.2. The lowest BCUT2D eigenvalue weighted by Gasteiger charge is -2.35. The number of hydrazone groups is 1. The van der Waals surface area contributed by atoms with Gasteiger partial charge < -0.3 is 10.1 Å². The van der Waals surface area contributed by atoms with Gasteiger partial charge in [0.25, 0.3) is 0 Å². The lowest BCUT2D eigenvalue weighted by Crippen LogP contribution is -2.41. The number of rotatable bonds is 9. The molecule has 1 unspecified atom stereocenters. The molecule has 180 valence electrons. The first kappa shape index (κ1) is 24.0. The summed E-state index contributed by atoms with van der Waals surface area (Å²) in [5.74, 6) is 0.610. The first-order valence-electron chi connectivity index (χ1n) is 12.2. The number of nitrogens with zero attached hydrogens (tertiary/aromatic N) is 3. The third-order valence-electron chi connectivity index (χ3n) is 6.58. The molecule has 0 bridgehead atoms. The van der Waals surface area contributed by atoms with E-state index >= 15 is 0 Å². The topological polar surface area (TPSA) is 74.2 Å². The van der Waals surface area contributed by atoms with Gasteiger partial charge in [-0.1, -0.05) is 55.0 Å². The molecule has 2 aromatic carbocycles. The van der Waals surface area contributed by atoms with Crippen molar-refractivity contribution in [3.8, 4) is 5.75 Å². The number of carbonyl (C=O) groups is 2. The second-order valence-corrected chi connectivity index (χ2v) is 8.84. The van der Waals surface area contributed by atoms with Crippen LogP contribution >= 0.6 is 0 Å². The maximum atomic E-state index is 12.7. The molecule has 0 aliphatic carbocycles. The zero-order valence-electron chi connectivity index (χ0n) is 19.9. The molecule has 0 radical (unpaired) electrons. The van der Waals surface area contributed by atoms with Gasteiger partial charge in [-0.25, -0.2) is 5.01 Å². The fraction of sp³-hybridized carbons (Fsp3) is 0.444. The van der Waals surface area contributed by atoms with Gasteiger partial charge in [-0.05, 0) is 37.6 Å². The van der Waals surface area contributed by atoms with E-state index < -0.39 is 0 Å². The molecule has 1 fully saturated rings. The highest BCUT2D eigenvalue weighted by Gasteiger charge is 2.26. The van der Waals surface area contributed by atoms with E-state index in [1.165, 1.54) is 11.4 Å². The number of carbonyl (C=O) groups excluding carboxylic acids is 2. The van der Waals surface area contributed by atoms with Gasteiger partial charge in [0.15, 0.2) is 0 Å². The van der Waals surface area contributed by atoms with Gasteiger partial charge in [0.2, 0.25) is 11.8 Å². The Hall–Kier alpha value is -3.19. The Labute approximate surface area is 201 Å². The fourth-order valence-corrected chi connectivity index (χ4v) is 4.73. The van der Waals surface area contributed by atoms with E-state index in [9.17, 15) is 9.59 Å². The lowest BCUT2D eigenvalue weighted by atomic mass is 10.0. The molecule has 2 heterocycles. The van der Waals surface area contributed by atoms with E-state index in [-0.39, 0.29) is 30.7 Å². The van der Waals surface area contributed by atoms with Crippen LogP contribution in [0.15, 0.2) is 59.7 Å². The fourth-order valence-electron chi connectivity index (χ4n) is 4.73. The van der Waals surface area contributed by atoms with Crippen molar-refractivity contribution in [1.29, 1.82) is 0 Å². The summed E-state index contributed by atoms with van der Waals surface area (Å²) in [5.41, 5.74) is 3.04. The number of likely N-dealkylation sites (tertiary alicyclic amines) is 1. The number of methoxy groups -OCH3 is 1. The van der Waals surface area contributed by atoms with Gasteiger partial charge >= 0.3 is 0 Å². The van der Waals surface area contributed by atoms with Gasteiger partial charge in [0, 0.05) is 31.4 Å². The molecule has 1 N–H and O–H groups in total. The summed E-state index contributed by atoms with van der Waals surface area (Å²) in [6.07, 6.45) is 4.61. The summed E-state index contributed by atoms with van der Waals surface area (Å²) in [5, 5.41) is 9.05. The molecule has 0 aromatic heterocycles. The Balaban J connectivity index is 1.31. The molecule has 4 rings (SSSR count). The van der Waals surface area contributed by atoms with E-state index in [0.717, 1.165) is 54.9 Å². The number of nitrogens with one attached hydrogen (secondary N) is 1. The van der Waals surface area contributed by atoms with E-state index in [1.807, 2.05) is 48.5 Å². The minimum Gasteiger partial charge on any atom is -0.496 e. The highest BCUT2D eigenvalue weighted by molar-refractivity contribution is 6.02. The van der Waals surface area contributed by atoms with Crippen LogP contribution in [-0.4, -0.2) is 60.7 Å². The monoisotopic (exact) mass is 462 g/mol. The van der Waals surface area contributed by atoms with Crippen LogP contribution in [0.1, 0.15) is 55.7 Å². The van der Waals surface area contributed by atoms with Crippen molar-refractivity contribution >= 4 is 17.5 Å². The van der Waals surface area contributed by atoms with Crippen molar-refractivity contribution in [2.75, 3.05) is 33.3 Å². The molecular weight excluding hydrogens is 428 g/mol. The average Bonchev–Trinajstić information content (AvgIpc) is 3.39. The van der Waals surface area contributed by atoms with Crippen molar-refractivity contribution in [3.63, 3.8) is 0 Å². The van der Waals surface area contributed by atoms with Gasteiger partial charge in [0.05, 0.1) is 25.4 Å². The number of piperidine rings is 1. The van der Waals surface area contributed by atoms with Crippen LogP contribution in [0.4, 0.5) is 0 Å². The second kappa shape index (κ2) is 11.8. The molecule has 7 nitrogen and oxygen atoms in total. The quantitative estimate of drug-likeness (QED) is 0.616. The van der Waals surface area contributed by atoms with E-state index in [4.69, 9.17) is 4.74 Å². The Morgan fingerprint density at radius 2 is 1.71 bits per heavy atom. The lowest BCUT2D eigenvalue weighted by molar-refractivity contribution is -0.133. The molecule has 0 saturated carbocycles. The number of hydrogen-bond donors (Lipinski definition) is 1. The summed E-state index contributed by atoms with van der Waals surface area (Å²) in [6.45, 7) is 3.07. The zero-order chi connectivity index (χ0) is 23.8. The molecule has 1 atom stereocenters. The van der Waals surface area contributed by atoms with Crippen LogP contribution < -0.4 is 10.1 Å². The first-order valence-corrected chi connectivity index (χ1v) is 12.2. The van der Waals surface area contributed by atoms with Crippen LogP contribution in [0.5, 0.6) is 5.75 Å². The van der Waals surface area contributed by atoms with Crippen LogP contribution in [-0.2, 0) is 9.59 Å². The molecule has 2 aromatic rings. The van der Waals surface area contributed by atoms with E-state index in [2.05, 4.69) is 21.4 Å². The maximum Gasteiger partial charge on any atom is 0.243 e. The Kier molecular flexibility index (Phi) is 8.31. The van der Waals surface area contributed by atoms with Gasteiger partial charge in [-0.2, -0.15) is 5.10 Å². The first-order chi connectivity index (χ1) is 16.7. The van der Waals surface area contributed by atoms with Crippen LogP contribution in [0.2, 0.25) is 0 Å². The Morgan fingerprint density at radius 1 is 0.971 bits per heavy atom. The van der Waals surface area contributed by atoms with Crippen molar-refractivity contribution in [2.24, 2.45) is 5.10 Å². The number of hydrogen-bond acceptors (Lipinski definition) is 5. The average molecular weight is 463 g/mol. The van der Waals surface area contributed by atoms with Crippen LogP contribution in [0.3, 0.4) is 0 Å². The molecule has 2 aliphatic heterocycles. The molecule has 0 spiro atoms. The summed E-state index contributed by atoms with van der Waals surface area (Å²) >= 11 is 0. The van der Waals surface area contributed by atoms with Crippen molar-refractivity contribution in [1.82, 2.24) is 15.2 Å². The number of amides is 2. The molecule has 2 aliphatic rings. The minimum atomic E-state index is -0.114. The molecule has 2 amide bonds. The summed E-state index contributed by atoms with van der Waals surface area (Å²) in [4.78, 5) is 27.7. The Morgan fingerprint density at radius 3 is 2.47 bits per heavy atom. The van der Waals surface area contributed by atoms with Crippen molar-refractivity contribution in [3.05, 3.63) is 65.7 Å². The van der Waals surface area contributed by atoms with Crippen LogP contribution in [0.25, 0.3) is 0 Å². The van der Waals surface area contributed by atoms with E-state index in [1.54, 1.807) is 7.11 Å². The smallest absolute Gasteiger partial charge is 0.243 e. The Bertz CT molecular complexity index is 1000. The molecular formula is C27H34N4O3. The third kappa shape index (κ3) is 6.03. The van der Waals surface area contributed by atoms with Gasteiger partial charge in [-0.15, -0.1) is 0 Å². The minimum absolute atomic E-state index is 0.0488. The largest absolute Gasteiger partial charge is 0.496 e. The van der Waals surface area contributed by atoms with Gasteiger partial charge in [0.1, 0.15) is 5.75 Å². The molecule has 7 heteroatoms. The SMILES string of the molecule is COc1ccccc1C(CNC(=O)CCC(=O)N1CCC(c2ccccc2)=N1)N1CCCCC1. The van der Waals surface area contributed by atoms with Gasteiger partial charge in [-0.3, -0.25) is 14.5 Å². The standard InChI is InChI=1S/C27H34N4O3/c1-34-25-13-7-6-12-22(25)24(30-17-8-3-9-18-30)20-28-26(32)14-15-27(33)31-19-16-23(29-31)21-10-4-2-5-11-21/h2,4-7,10-13,24H,3,8-9,14-20H2,1H3,(H,28,32). The highest BCUT2D eigenvalue weighted by Crippen LogP contribution is 2.31. The third-order valence-corrected chi connectivity index (χ3v) is 6.58. The highest BCUT2D eigenvalue weighted by atomic mass is 16.5. The van der Waals surface area contributed by atoms with Crippen LogP contribution in [0, 0.1) is 0 Å². The second-order valence-electron chi connectivity index (χ2n) is 8.84. The predicted molar refractivity (Wildman–Crippen MR) is 133 cm³/mol. The summed E-state index contributed by atoms with van der Waals surface area (Å²) in [7, 11) is 1.68. The zero-order valence-corrected chi connectivity index (χ0v) is 19.9. The van der Waals surface area contributed by atoms with Crippen molar-refractivity contribution in [2.45, 2.75) is 44.6 Å². The molecule has 1 saturated heterocycles. The maximum absolute atomic E-state index is 12.7. The number of benzene rings is 2. The number of ether oxygens (including phenoxy) is 1. The summed E-state index contributed by atoms with van der Waals surface area (Å²) in [6, 6.07) is 18.0. The number of para-hydroxylation sites is 1. The predicted octanol–water partition coefficient (Wildman–Crippen LogP) is 3.76. The summed E-state index contributed by atoms with van der Waals surface area (Å²) < 4.78 is 5.60. The van der Waals surface area contributed by atoms with E-state index in [0.29, 0.717) is 13.1 Å². The van der Waals surface area contributed by atoms with Crippen molar-refractivity contribution < 1.29 is 14.3 Å². The molecule has 34 heavy (non-hydrogen) atoms.